The van der Waals surface area contributed by atoms with E-state index in [-0.39, 0.29) is 5.91 Å². The van der Waals surface area contributed by atoms with Crippen LogP contribution in [0, 0.1) is 0 Å². The Labute approximate surface area is 173 Å². The van der Waals surface area contributed by atoms with Crippen LogP contribution in [-0.4, -0.2) is 63.3 Å². The van der Waals surface area contributed by atoms with Crippen LogP contribution in [0.4, 0.5) is 0 Å². The third-order valence-electron chi connectivity index (χ3n) is 4.98. The summed E-state index contributed by atoms with van der Waals surface area (Å²) < 4.78 is 26.5. The molecule has 0 radical (unpaired) electrons. The number of nitrogens with one attached hydrogen (secondary N) is 1. The van der Waals surface area contributed by atoms with E-state index in [1.807, 2.05) is 55.6 Å². The Kier molecular flexibility index (Phi) is 7.19. The molecule has 1 saturated heterocycles. The van der Waals surface area contributed by atoms with Crippen LogP contribution >= 0.6 is 0 Å². The summed E-state index contributed by atoms with van der Waals surface area (Å²) in [6.07, 6.45) is 1.61. The fraction of sp³-hybridized carbons (Fsp3) is 0.318. The Hall–Kier alpha value is -2.48. The molecule has 2 aromatic carbocycles. The number of hydrogen-bond acceptors (Lipinski definition) is 3. The van der Waals surface area contributed by atoms with Gasteiger partial charge in [-0.05, 0) is 11.6 Å². The maximum Gasteiger partial charge on any atom is 0.277 e. The molecule has 1 N–H and O–H groups in total. The number of amides is 1. The zero-order valence-corrected chi connectivity index (χ0v) is 17.5. The molecule has 1 unspecified atom stereocenters. The predicted molar refractivity (Wildman–Crippen MR) is 114 cm³/mol. The maximum atomic E-state index is 12.6. The number of carbonyl (C=O) groups excluding carboxylic acids is 1. The third kappa shape index (κ3) is 6.25. The molecule has 0 saturated carbocycles. The van der Waals surface area contributed by atoms with E-state index >= 15 is 0 Å². The third-order valence-corrected chi connectivity index (χ3v) is 6.55. The van der Waals surface area contributed by atoms with Crippen LogP contribution in [0.3, 0.4) is 0 Å². The lowest BCUT2D eigenvalue weighted by Crippen LogP contribution is -3.09. The van der Waals surface area contributed by atoms with E-state index in [0.29, 0.717) is 32.7 Å². The van der Waals surface area contributed by atoms with Crippen molar-refractivity contribution in [2.24, 2.45) is 0 Å². The zero-order chi connectivity index (χ0) is 20.7. The molecule has 29 heavy (non-hydrogen) atoms. The maximum absolute atomic E-state index is 12.6. The molecule has 1 aliphatic heterocycles. The first-order valence-corrected chi connectivity index (χ1v) is 11.3. The Morgan fingerprint density at radius 1 is 0.966 bits per heavy atom. The summed E-state index contributed by atoms with van der Waals surface area (Å²) in [5.41, 5.74) is 2.04. The van der Waals surface area contributed by atoms with E-state index < -0.39 is 10.0 Å². The molecule has 0 aliphatic carbocycles. The minimum absolute atomic E-state index is 0.0651. The molecule has 1 heterocycles. The van der Waals surface area contributed by atoms with E-state index in [4.69, 9.17) is 0 Å². The summed E-state index contributed by atoms with van der Waals surface area (Å²) in [7, 11) is -1.48. The summed E-state index contributed by atoms with van der Waals surface area (Å²) in [4.78, 5) is 15.5. The highest BCUT2D eigenvalue weighted by atomic mass is 32.2. The van der Waals surface area contributed by atoms with Gasteiger partial charge in [-0.2, -0.15) is 4.31 Å². The SMILES string of the molecule is C[NH+](CC(=O)N1CCN(S(=O)(=O)/C=C/c2ccccc2)CC1)Cc1ccccc1. The molecule has 7 heteroatoms. The van der Waals surface area contributed by atoms with Crippen LogP contribution in [0.2, 0.25) is 0 Å². The topological polar surface area (TPSA) is 62.1 Å². The zero-order valence-electron chi connectivity index (χ0n) is 16.7. The Balaban J connectivity index is 1.49. The number of benzene rings is 2. The van der Waals surface area contributed by atoms with Crippen molar-refractivity contribution in [3.8, 4) is 0 Å². The molecule has 0 bridgehead atoms. The second-order valence-electron chi connectivity index (χ2n) is 7.33. The summed E-state index contributed by atoms with van der Waals surface area (Å²) in [6, 6.07) is 19.4. The lowest BCUT2D eigenvalue weighted by atomic mass is 10.2. The molecular weight excluding hydrogens is 386 g/mol. The molecular formula is C22H28N3O3S+. The van der Waals surface area contributed by atoms with Gasteiger partial charge in [0.2, 0.25) is 10.0 Å². The summed E-state index contributed by atoms with van der Waals surface area (Å²) in [5.74, 6) is 0.0651. The van der Waals surface area contributed by atoms with Crippen molar-refractivity contribution in [1.29, 1.82) is 0 Å². The van der Waals surface area contributed by atoms with Gasteiger partial charge < -0.3 is 9.80 Å². The van der Waals surface area contributed by atoms with Crippen LogP contribution in [0.25, 0.3) is 6.08 Å². The van der Waals surface area contributed by atoms with E-state index in [2.05, 4.69) is 12.1 Å². The number of carbonyl (C=O) groups is 1. The van der Waals surface area contributed by atoms with Crippen molar-refractivity contribution in [2.75, 3.05) is 39.8 Å². The molecule has 1 amide bonds. The monoisotopic (exact) mass is 414 g/mol. The van der Waals surface area contributed by atoms with Crippen LogP contribution in [0.5, 0.6) is 0 Å². The van der Waals surface area contributed by atoms with Gasteiger partial charge in [0.05, 0.1) is 7.05 Å². The summed E-state index contributed by atoms with van der Waals surface area (Å²) >= 11 is 0. The van der Waals surface area contributed by atoms with Crippen LogP contribution in [0.1, 0.15) is 11.1 Å². The summed E-state index contributed by atoms with van der Waals surface area (Å²) in [6.45, 7) is 2.68. The normalized spacial score (nSPS) is 16.8. The minimum Gasteiger partial charge on any atom is -0.335 e. The molecule has 1 fully saturated rings. The number of likely N-dealkylation sites (N-methyl/N-ethyl adjacent to an activating group) is 1. The highest BCUT2D eigenvalue weighted by Gasteiger charge is 2.28. The largest absolute Gasteiger partial charge is 0.335 e. The van der Waals surface area contributed by atoms with E-state index in [1.165, 1.54) is 15.3 Å². The lowest BCUT2D eigenvalue weighted by Gasteiger charge is -2.33. The molecule has 1 atom stereocenters. The average Bonchev–Trinajstić information content (AvgIpc) is 2.74. The first kappa shape index (κ1) is 21.2. The first-order valence-electron chi connectivity index (χ1n) is 9.80. The molecule has 3 rings (SSSR count). The van der Waals surface area contributed by atoms with Gasteiger partial charge in [-0.15, -0.1) is 0 Å². The van der Waals surface area contributed by atoms with Gasteiger partial charge in [-0.1, -0.05) is 60.7 Å². The fourth-order valence-corrected chi connectivity index (χ4v) is 4.56. The number of quaternary nitrogens is 1. The minimum atomic E-state index is -3.48. The van der Waals surface area contributed by atoms with Crippen molar-refractivity contribution in [2.45, 2.75) is 6.54 Å². The quantitative estimate of drug-likeness (QED) is 0.731. The molecule has 0 aromatic heterocycles. The van der Waals surface area contributed by atoms with Gasteiger partial charge in [-0.3, -0.25) is 4.79 Å². The van der Waals surface area contributed by atoms with Gasteiger partial charge in [-0.25, -0.2) is 8.42 Å². The average molecular weight is 415 g/mol. The van der Waals surface area contributed by atoms with Gasteiger partial charge in [0.15, 0.2) is 6.54 Å². The number of piperazine rings is 1. The van der Waals surface area contributed by atoms with Crippen LogP contribution < -0.4 is 4.90 Å². The number of sulfonamides is 1. The van der Waals surface area contributed by atoms with E-state index in [9.17, 15) is 13.2 Å². The highest BCUT2D eigenvalue weighted by molar-refractivity contribution is 7.92. The number of nitrogens with zero attached hydrogens (tertiary/aromatic N) is 2. The predicted octanol–water partition coefficient (Wildman–Crippen LogP) is 0.846. The van der Waals surface area contributed by atoms with Crippen molar-refractivity contribution in [3.05, 3.63) is 77.2 Å². The molecule has 2 aromatic rings. The Bertz CT molecular complexity index is 922. The van der Waals surface area contributed by atoms with Crippen molar-refractivity contribution < 1.29 is 18.1 Å². The standard InChI is InChI=1S/C22H27N3O3S/c1-23(18-21-10-6-3-7-11-21)19-22(26)24-13-15-25(16-14-24)29(27,28)17-12-20-8-4-2-5-9-20/h2-12,17H,13-16,18-19H2,1H3/p+1/b17-12+. The second-order valence-corrected chi connectivity index (χ2v) is 9.15. The van der Waals surface area contributed by atoms with Crippen LogP contribution in [-0.2, 0) is 21.4 Å². The van der Waals surface area contributed by atoms with Gasteiger partial charge in [0.1, 0.15) is 6.54 Å². The van der Waals surface area contributed by atoms with Gasteiger partial charge in [0.25, 0.3) is 5.91 Å². The summed E-state index contributed by atoms with van der Waals surface area (Å²) in [5, 5.41) is 1.25. The smallest absolute Gasteiger partial charge is 0.277 e. The van der Waals surface area contributed by atoms with E-state index in [0.717, 1.165) is 17.0 Å². The van der Waals surface area contributed by atoms with Crippen molar-refractivity contribution in [1.82, 2.24) is 9.21 Å². The fourth-order valence-electron chi connectivity index (χ4n) is 3.38. The van der Waals surface area contributed by atoms with Crippen LogP contribution in [0.15, 0.2) is 66.1 Å². The molecule has 6 nitrogen and oxygen atoms in total. The second kappa shape index (κ2) is 9.82. The van der Waals surface area contributed by atoms with Gasteiger partial charge >= 0.3 is 0 Å². The van der Waals surface area contributed by atoms with Crippen molar-refractivity contribution in [3.63, 3.8) is 0 Å². The number of rotatable bonds is 7. The lowest BCUT2D eigenvalue weighted by molar-refractivity contribution is -0.885. The first-order chi connectivity index (χ1) is 13.9. The van der Waals surface area contributed by atoms with Gasteiger partial charge in [0, 0.05) is 37.2 Å². The molecule has 0 spiro atoms. The van der Waals surface area contributed by atoms with E-state index in [1.54, 1.807) is 11.0 Å². The van der Waals surface area contributed by atoms with Crippen molar-refractivity contribution >= 4 is 22.0 Å². The molecule has 1 aliphatic rings. The Morgan fingerprint density at radius 2 is 1.55 bits per heavy atom. The Morgan fingerprint density at radius 3 is 2.17 bits per heavy atom. The highest BCUT2D eigenvalue weighted by Crippen LogP contribution is 2.11. The number of hydrogen-bond donors (Lipinski definition) is 1. The molecule has 154 valence electrons.